The minimum Gasteiger partial charge on any atom is -0.444 e. The molecule has 8 nitrogen and oxygen atoms in total. The summed E-state index contributed by atoms with van der Waals surface area (Å²) in [6.07, 6.45) is 0.645. The second-order valence-electron chi connectivity index (χ2n) is 10.9. The second-order valence-corrected chi connectivity index (χ2v) is 11.3. The normalized spacial score (nSPS) is 24.1. The lowest BCUT2D eigenvalue weighted by Crippen LogP contribution is -2.63. The fourth-order valence-electron chi connectivity index (χ4n) is 5.07. The van der Waals surface area contributed by atoms with Crippen molar-refractivity contribution in [3.8, 4) is 0 Å². The van der Waals surface area contributed by atoms with Crippen LogP contribution < -0.4 is 4.90 Å². The van der Waals surface area contributed by atoms with Crippen molar-refractivity contribution >= 4 is 29.3 Å². The van der Waals surface area contributed by atoms with E-state index in [1.54, 1.807) is 4.90 Å². The summed E-state index contributed by atoms with van der Waals surface area (Å²) in [5.74, 6) is 0.500. The minimum atomic E-state index is -0.606. The Balaban J connectivity index is 1.42. The molecule has 0 N–H and O–H groups in total. The molecule has 1 aromatic rings. The molecule has 2 atom stereocenters. The first-order chi connectivity index (χ1) is 16.6. The Morgan fingerprint density at radius 2 is 1.86 bits per heavy atom. The van der Waals surface area contributed by atoms with Gasteiger partial charge < -0.3 is 19.3 Å². The van der Waals surface area contributed by atoms with Crippen molar-refractivity contribution in [1.29, 1.82) is 0 Å². The van der Waals surface area contributed by atoms with Crippen LogP contribution in [0.5, 0.6) is 0 Å². The molecule has 0 bridgehead atoms. The maximum atomic E-state index is 13.7. The number of carbonyl (C=O) groups excluding carboxylic acids is 2. The molecule has 0 spiro atoms. The Morgan fingerprint density at radius 3 is 2.49 bits per heavy atom. The van der Waals surface area contributed by atoms with Crippen LogP contribution in [-0.2, 0) is 14.3 Å². The molecular weight excluding hydrogens is 468 g/mol. The molecular formula is C26H39ClN4O4. The van der Waals surface area contributed by atoms with E-state index in [-0.39, 0.29) is 5.91 Å². The Morgan fingerprint density at radius 1 is 1.11 bits per heavy atom. The van der Waals surface area contributed by atoms with Gasteiger partial charge in [-0.05, 0) is 63.8 Å². The van der Waals surface area contributed by atoms with Gasteiger partial charge in [-0.2, -0.15) is 0 Å². The van der Waals surface area contributed by atoms with E-state index in [1.165, 1.54) is 0 Å². The first-order valence-electron chi connectivity index (χ1n) is 12.7. The standard InChI is InChI=1S/C26H39ClN4O4/c1-19-15-21(5-6-22(19)27)29-9-11-30(12-10-29)24(32)23-17-28(16-20-7-14-34-18-20)8-13-31(23)25(33)35-26(2,3)4/h5-6,15,20,23H,7-14,16-18H2,1-4H3/t20?,23-/m1/s1. The molecule has 2 amide bonds. The van der Waals surface area contributed by atoms with E-state index < -0.39 is 17.7 Å². The van der Waals surface area contributed by atoms with Crippen LogP contribution in [0.4, 0.5) is 10.5 Å². The van der Waals surface area contributed by atoms with E-state index in [2.05, 4.69) is 15.9 Å². The summed E-state index contributed by atoms with van der Waals surface area (Å²) in [7, 11) is 0. The van der Waals surface area contributed by atoms with Crippen molar-refractivity contribution in [2.24, 2.45) is 5.92 Å². The molecule has 4 rings (SSSR count). The zero-order valence-electron chi connectivity index (χ0n) is 21.5. The summed E-state index contributed by atoms with van der Waals surface area (Å²) in [4.78, 5) is 34.9. The Labute approximate surface area is 214 Å². The average molecular weight is 507 g/mol. The number of anilines is 1. The zero-order valence-corrected chi connectivity index (χ0v) is 22.2. The summed E-state index contributed by atoms with van der Waals surface area (Å²) in [5, 5.41) is 0.760. The lowest BCUT2D eigenvalue weighted by Gasteiger charge is -2.44. The molecule has 3 heterocycles. The van der Waals surface area contributed by atoms with E-state index in [0.29, 0.717) is 32.1 Å². The number of piperazine rings is 2. The van der Waals surface area contributed by atoms with Gasteiger partial charge in [-0.25, -0.2) is 4.79 Å². The highest BCUT2D eigenvalue weighted by Gasteiger charge is 2.40. The maximum absolute atomic E-state index is 13.7. The molecule has 35 heavy (non-hydrogen) atoms. The van der Waals surface area contributed by atoms with Crippen LogP contribution in [0.1, 0.15) is 32.8 Å². The van der Waals surface area contributed by atoms with Crippen molar-refractivity contribution in [1.82, 2.24) is 14.7 Å². The molecule has 3 aliphatic rings. The third kappa shape index (κ3) is 6.60. The summed E-state index contributed by atoms with van der Waals surface area (Å²) < 4.78 is 11.2. The van der Waals surface area contributed by atoms with E-state index in [0.717, 1.165) is 62.1 Å². The van der Waals surface area contributed by atoms with Crippen molar-refractivity contribution in [3.63, 3.8) is 0 Å². The lowest BCUT2D eigenvalue weighted by atomic mass is 10.1. The fraction of sp³-hybridized carbons (Fsp3) is 0.692. The Hall–Kier alpha value is -2.03. The molecule has 0 saturated carbocycles. The van der Waals surface area contributed by atoms with Gasteiger partial charge in [0.05, 0.1) is 6.61 Å². The van der Waals surface area contributed by atoms with Crippen molar-refractivity contribution in [3.05, 3.63) is 28.8 Å². The molecule has 3 saturated heterocycles. The molecule has 3 fully saturated rings. The van der Waals surface area contributed by atoms with E-state index >= 15 is 0 Å². The van der Waals surface area contributed by atoms with Gasteiger partial charge in [0.25, 0.3) is 0 Å². The van der Waals surface area contributed by atoms with Crippen LogP contribution in [-0.4, -0.2) is 104 Å². The summed E-state index contributed by atoms with van der Waals surface area (Å²) in [5.41, 5.74) is 1.56. The van der Waals surface area contributed by atoms with Crippen LogP contribution in [0.3, 0.4) is 0 Å². The molecule has 0 aliphatic carbocycles. The largest absolute Gasteiger partial charge is 0.444 e. The second kappa shape index (κ2) is 10.9. The van der Waals surface area contributed by atoms with Crippen LogP contribution in [0.15, 0.2) is 18.2 Å². The van der Waals surface area contributed by atoms with Gasteiger partial charge in [-0.1, -0.05) is 11.6 Å². The van der Waals surface area contributed by atoms with Gasteiger partial charge in [-0.15, -0.1) is 0 Å². The van der Waals surface area contributed by atoms with Gasteiger partial charge in [0.15, 0.2) is 0 Å². The van der Waals surface area contributed by atoms with E-state index in [1.807, 2.05) is 44.7 Å². The Bertz CT molecular complexity index is 907. The number of nitrogens with zero attached hydrogens (tertiary/aromatic N) is 4. The molecule has 194 valence electrons. The van der Waals surface area contributed by atoms with E-state index in [9.17, 15) is 9.59 Å². The van der Waals surface area contributed by atoms with E-state index in [4.69, 9.17) is 21.1 Å². The number of benzene rings is 1. The van der Waals surface area contributed by atoms with Gasteiger partial charge >= 0.3 is 6.09 Å². The molecule has 1 aromatic carbocycles. The molecule has 3 aliphatic heterocycles. The highest BCUT2D eigenvalue weighted by atomic mass is 35.5. The third-order valence-corrected chi connectivity index (χ3v) is 7.44. The number of amides is 2. The number of halogens is 1. The van der Waals surface area contributed by atoms with Crippen molar-refractivity contribution < 1.29 is 19.1 Å². The van der Waals surface area contributed by atoms with Gasteiger partial charge in [0.1, 0.15) is 11.6 Å². The lowest BCUT2D eigenvalue weighted by molar-refractivity contribution is -0.139. The molecule has 9 heteroatoms. The molecule has 0 aromatic heterocycles. The first kappa shape index (κ1) is 26.0. The van der Waals surface area contributed by atoms with Crippen LogP contribution in [0.25, 0.3) is 0 Å². The van der Waals surface area contributed by atoms with Crippen molar-refractivity contribution in [2.45, 2.75) is 45.8 Å². The predicted octanol–water partition coefficient (Wildman–Crippen LogP) is 3.25. The topological polar surface area (TPSA) is 65.6 Å². The zero-order chi connectivity index (χ0) is 25.2. The van der Waals surface area contributed by atoms with Crippen LogP contribution >= 0.6 is 11.6 Å². The minimum absolute atomic E-state index is 0.00941. The highest BCUT2D eigenvalue weighted by molar-refractivity contribution is 6.31. The van der Waals surface area contributed by atoms with Gasteiger partial charge in [-0.3, -0.25) is 14.6 Å². The number of hydrogen-bond donors (Lipinski definition) is 0. The predicted molar refractivity (Wildman–Crippen MR) is 137 cm³/mol. The molecule has 0 radical (unpaired) electrons. The molecule has 1 unspecified atom stereocenters. The Kier molecular flexibility index (Phi) is 8.13. The first-order valence-corrected chi connectivity index (χ1v) is 13.1. The quantitative estimate of drug-likeness (QED) is 0.624. The number of hydrogen-bond acceptors (Lipinski definition) is 6. The van der Waals surface area contributed by atoms with Crippen molar-refractivity contribution in [2.75, 3.05) is 70.5 Å². The van der Waals surface area contributed by atoms with Crippen LogP contribution in [0.2, 0.25) is 5.02 Å². The fourth-order valence-corrected chi connectivity index (χ4v) is 5.19. The van der Waals surface area contributed by atoms with Crippen LogP contribution in [0, 0.1) is 12.8 Å². The monoisotopic (exact) mass is 506 g/mol. The maximum Gasteiger partial charge on any atom is 0.411 e. The number of aryl methyl sites for hydroxylation is 1. The third-order valence-electron chi connectivity index (χ3n) is 7.02. The highest BCUT2D eigenvalue weighted by Crippen LogP contribution is 2.25. The smallest absolute Gasteiger partial charge is 0.411 e. The van der Waals surface area contributed by atoms with Gasteiger partial charge in [0, 0.05) is 69.7 Å². The summed E-state index contributed by atoms with van der Waals surface area (Å²) in [6.45, 7) is 14.5. The van der Waals surface area contributed by atoms with Gasteiger partial charge in [0.2, 0.25) is 5.91 Å². The average Bonchev–Trinajstić information content (AvgIpc) is 3.32. The SMILES string of the molecule is Cc1cc(N2CCN(C(=O)[C@H]3CN(CC4CCOC4)CCN3C(=O)OC(C)(C)C)CC2)ccc1Cl. The number of carbonyl (C=O) groups is 2. The summed E-state index contributed by atoms with van der Waals surface area (Å²) >= 11 is 6.19. The number of rotatable bonds is 4. The number of ether oxygens (including phenoxy) is 2. The summed E-state index contributed by atoms with van der Waals surface area (Å²) in [6, 6.07) is 5.51.